The second-order valence-corrected chi connectivity index (χ2v) is 9.94. The van der Waals surface area contributed by atoms with Crippen molar-refractivity contribution in [1.29, 1.82) is 0 Å². The minimum Gasteiger partial charge on any atom is -0.493 e. The lowest BCUT2D eigenvalue weighted by Gasteiger charge is -2.30. The van der Waals surface area contributed by atoms with Crippen LogP contribution >= 0.6 is 0 Å². The number of benzene rings is 2. The smallest absolute Gasteiger partial charge is 0.236 e. The maximum Gasteiger partial charge on any atom is 0.236 e. The van der Waals surface area contributed by atoms with Crippen molar-refractivity contribution in [2.45, 2.75) is 25.8 Å². The Balaban J connectivity index is 1.60. The van der Waals surface area contributed by atoms with Crippen molar-refractivity contribution in [3.05, 3.63) is 59.0 Å². The molecule has 1 unspecified atom stereocenters. The Hall–Kier alpha value is -3.04. The first-order valence-corrected chi connectivity index (χ1v) is 12.6. The van der Waals surface area contributed by atoms with E-state index in [0.717, 1.165) is 11.1 Å². The first-order chi connectivity index (χ1) is 16.3. The van der Waals surface area contributed by atoms with Crippen LogP contribution in [-0.4, -0.2) is 53.0 Å². The van der Waals surface area contributed by atoms with Gasteiger partial charge >= 0.3 is 0 Å². The molecule has 34 heavy (non-hydrogen) atoms. The van der Waals surface area contributed by atoms with E-state index in [0.29, 0.717) is 43.2 Å². The zero-order valence-corrected chi connectivity index (χ0v) is 20.8. The second kappa shape index (κ2) is 11.4. The average molecular weight is 489 g/mol. The van der Waals surface area contributed by atoms with Gasteiger partial charge in [-0.25, -0.2) is 8.42 Å². The van der Waals surface area contributed by atoms with E-state index in [1.54, 1.807) is 32.4 Å². The molecule has 1 fully saturated rings. The van der Waals surface area contributed by atoms with Gasteiger partial charge in [-0.1, -0.05) is 30.3 Å². The molecule has 8 nitrogen and oxygen atoms in total. The molecule has 3 rings (SSSR count). The summed E-state index contributed by atoms with van der Waals surface area (Å²) in [6.45, 7) is 2.49. The Morgan fingerprint density at radius 3 is 2.15 bits per heavy atom. The number of amides is 1. The molecular weight excluding hydrogens is 456 g/mol. The summed E-state index contributed by atoms with van der Waals surface area (Å²) < 4.78 is 42.9. The lowest BCUT2D eigenvalue weighted by atomic mass is 9.96. The number of methoxy groups -OCH3 is 3. The molecule has 0 radical (unpaired) electrons. The Bertz CT molecular complexity index is 1080. The van der Waals surface area contributed by atoms with Crippen LogP contribution in [0.2, 0.25) is 0 Å². The highest BCUT2D eigenvalue weighted by atomic mass is 32.2. The van der Waals surface area contributed by atoms with Gasteiger partial charge in [0.15, 0.2) is 11.5 Å². The Kier molecular flexibility index (Phi) is 8.57. The first-order valence-electron chi connectivity index (χ1n) is 11.1. The molecule has 1 N–H and O–H groups in total. The molecule has 2 aromatic carbocycles. The van der Waals surface area contributed by atoms with Gasteiger partial charge in [-0.3, -0.25) is 4.79 Å². The summed E-state index contributed by atoms with van der Waals surface area (Å²) >= 11 is 0. The van der Waals surface area contributed by atoms with Crippen LogP contribution in [0.4, 0.5) is 0 Å². The number of hydrogen-bond donors (Lipinski definition) is 1. The fourth-order valence-electron chi connectivity index (χ4n) is 3.95. The van der Waals surface area contributed by atoms with E-state index in [1.807, 2.05) is 37.3 Å². The van der Waals surface area contributed by atoms with Gasteiger partial charge in [-0.15, -0.1) is 0 Å². The monoisotopic (exact) mass is 488 g/mol. The minimum absolute atomic E-state index is 0.0990. The van der Waals surface area contributed by atoms with Crippen LogP contribution in [0.15, 0.2) is 47.9 Å². The zero-order valence-electron chi connectivity index (χ0n) is 20.0. The van der Waals surface area contributed by atoms with E-state index in [1.165, 1.54) is 16.8 Å². The van der Waals surface area contributed by atoms with Gasteiger partial charge in [-0.2, -0.15) is 4.31 Å². The molecule has 0 saturated carbocycles. The standard InChI is InChI=1S/C25H32N2O6S/c1-18(21-16-22(31-2)24(33-4)23(17-21)32-3)26-25(28)20-10-13-27(14-11-20)34(29,30)15-12-19-8-6-5-7-9-19/h5-9,12,15-18,20H,10-11,13-14H2,1-4H3,(H,26,28)/b15-12+. The fraction of sp³-hybridized carbons (Fsp3) is 0.400. The van der Waals surface area contributed by atoms with E-state index in [4.69, 9.17) is 14.2 Å². The van der Waals surface area contributed by atoms with Crippen LogP contribution in [0.5, 0.6) is 17.2 Å². The lowest BCUT2D eigenvalue weighted by molar-refractivity contribution is -0.126. The molecule has 0 spiro atoms. The molecule has 0 aromatic heterocycles. The van der Waals surface area contributed by atoms with Gasteiger partial charge in [0.05, 0.1) is 27.4 Å². The summed E-state index contributed by atoms with van der Waals surface area (Å²) in [5, 5.41) is 4.26. The van der Waals surface area contributed by atoms with Crippen molar-refractivity contribution in [3.8, 4) is 17.2 Å². The minimum atomic E-state index is -3.54. The van der Waals surface area contributed by atoms with Gasteiger partial charge in [0.25, 0.3) is 0 Å². The quantitative estimate of drug-likeness (QED) is 0.580. The van der Waals surface area contributed by atoms with E-state index >= 15 is 0 Å². The molecular formula is C25H32N2O6S. The van der Waals surface area contributed by atoms with E-state index < -0.39 is 10.0 Å². The van der Waals surface area contributed by atoms with Crippen LogP contribution in [0.3, 0.4) is 0 Å². The molecule has 0 aliphatic carbocycles. The Morgan fingerprint density at radius 2 is 1.62 bits per heavy atom. The van der Waals surface area contributed by atoms with Crippen molar-refractivity contribution < 1.29 is 27.4 Å². The molecule has 2 aromatic rings. The Labute approximate surface area is 201 Å². The third-order valence-corrected chi connectivity index (χ3v) is 7.53. The number of hydrogen-bond acceptors (Lipinski definition) is 6. The molecule has 1 amide bonds. The van der Waals surface area contributed by atoms with Crippen molar-refractivity contribution in [2.75, 3.05) is 34.4 Å². The van der Waals surface area contributed by atoms with Crippen LogP contribution < -0.4 is 19.5 Å². The predicted molar refractivity (Wildman–Crippen MR) is 131 cm³/mol. The molecule has 1 aliphatic heterocycles. The number of carbonyl (C=O) groups is 1. The normalized spacial score (nSPS) is 16.2. The first kappa shape index (κ1) is 25.6. The van der Waals surface area contributed by atoms with E-state index in [2.05, 4.69) is 5.32 Å². The maximum absolute atomic E-state index is 12.9. The summed E-state index contributed by atoms with van der Waals surface area (Å²) in [6, 6.07) is 12.6. The molecule has 1 heterocycles. The number of piperidine rings is 1. The number of nitrogens with zero attached hydrogens (tertiary/aromatic N) is 1. The summed E-state index contributed by atoms with van der Waals surface area (Å²) in [7, 11) is 1.09. The third kappa shape index (κ3) is 6.09. The van der Waals surface area contributed by atoms with Crippen LogP contribution in [0.25, 0.3) is 6.08 Å². The molecule has 0 bridgehead atoms. The zero-order chi connectivity index (χ0) is 24.7. The van der Waals surface area contributed by atoms with Crippen LogP contribution in [0.1, 0.15) is 36.9 Å². The maximum atomic E-state index is 12.9. The predicted octanol–water partition coefficient (Wildman–Crippen LogP) is 3.60. The Morgan fingerprint density at radius 1 is 1.03 bits per heavy atom. The molecule has 9 heteroatoms. The summed E-state index contributed by atoms with van der Waals surface area (Å²) in [5.74, 6) is 1.16. The van der Waals surface area contributed by atoms with Crippen LogP contribution in [0, 0.1) is 5.92 Å². The average Bonchev–Trinajstić information content (AvgIpc) is 2.87. The van der Waals surface area contributed by atoms with Crippen molar-refractivity contribution in [3.63, 3.8) is 0 Å². The highest BCUT2D eigenvalue weighted by Gasteiger charge is 2.30. The fourth-order valence-corrected chi connectivity index (χ4v) is 5.17. The third-order valence-electron chi connectivity index (χ3n) is 5.96. The lowest BCUT2D eigenvalue weighted by Crippen LogP contribution is -2.42. The highest BCUT2D eigenvalue weighted by Crippen LogP contribution is 2.39. The summed E-state index contributed by atoms with van der Waals surface area (Å²) in [4.78, 5) is 12.9. The number of carbonyl (C=O) groups excluding carboxylic acids is 1. The van der Waals surface area contributed by atoms with Crippen LogP contribution in [-0.2, 0) is 14.8 Å². The second-order valence-electron chi connectivity index (χ2n) is 8.12. The highest BCUT2D eigenvalue weighted by molar-refractivity contribution is 7.92. The van der Waals surface area contributed by atoms with Gasteiger partial charge in [-0.05, 0) is 49.1 Å². The van der Waals surface area contributed by atoms with E-state index in [9.17, 15) is 13.2 Å². The molecule has 1 saturated heterocycles. The molecule has 1 atom stereocenters. The van der Waals surface area contributed by atoms with Crippen molar-refractivity contribution in [2.24, 2.45) is 5.92 Å². The van der Waals surface area contributed by atoms with Crippen molar-refractivity contribution >= 4 is 22.0 Å². The van der Waals surface area contributed by atoms with Gasteiger partial charge < -0.3 is 19.5 Å². The van der Waals surface area contributed by atoms with Crippen molar-refractivity contribution in [1.82, 2.24) is 9.62 Å². The number of ether oxygens (including phenoxy) is 3. The molecule has 184 valence electrons. The number of nitrogens with one attached hydrogen (secondary N) is 1. The van der Waals surface area contributed by atoms with Gasteiger partial charge in [0, 0.05) is 24.4 Å². The largest absolute Gasteiger partial charge is 0.493 e. The number of sulfonamides is 1. The summed E-state index contributed by atoms with van der Waals surface area (Å²) in [6.07, 6.45) is 2.52. The van der Waals surface area contributed by atoms with E-state index in [-0.39, 0.29) is 17.9 Å². The topological polar surface area (TPSA) is 94.2 Å². The number of rotatable bonds is 9. The van der Waals surface area contributed by atoms with Gasteiger partial charge in [0.1, 0.15) is 0 Å². The summed E-state index contributed by atoms with van der Waals surface area (Å²) in [5.41, 5.74) is 1.63. The molecule has 1 aliphatic rings. The SMILES string of the molecule is COc1cc(C(C)NC(=O)C2CCN(S(=O)(=O)/C=C/c3ccccc3)CC2)cc(OC)c1OC. The van der Waals surface area contributed by atoms with Gasteiger partial charge in [0.2, 0.25) is 21.7 Å².